The van der Waals surface area contributed by atoms with E-state index < -0.39 is 0 Å². The first-order chi connectivity index (χ1) is 10.2. The molecule has 4 nitrogen and oxygen atoms in total. The van der Waals surface area contributed by atoms with Crippen molar-refractivity contribution < 1.29 is 0 Å². The predicted octanol–water partition coefficient (Wildman–Crippen LogP) is 3.37. The SMILES string of the molecule is Cc1cccnc1[C@@H]1CCC[C@@H](NCc2snnc2C)C1. The Bertz CT molecular complexity index is 595. The molecule has 5 heteroatoms. The van der Waals surface area contributed by atoms with Gasteiger partial charge in [-0.3, -0.25) is 4.98 Å². The molecule has 0 saturated heterocycles. The van der Waals surface area contributed by atoms with Crippen LogP contribution in [0.4, 0.5) is 0 Å². The normalized spacial score (nSPS) is 22.4. The summed E-state index contributed by atoms with van der Waals surface area (Å²) < 4.78 is 4.00. The molecule has 1 saturated carbocycles. The lowest BCUT2D eigenvalue weighted by Gasteiger charge is -2.30. The Labute approximate surface area is 130 Å². The molecular weight excluding hydrogens is 280 g/mol. The Morgan fingerprint density at radius 3 is 3.00 bits per heavy atom. The molecule has 0 aromatic carbocycles. The molecule has 2 aromatic heterocycles. The summed E-state index contributed by atoms with van der Waals surface area (Å²) in [6.45, 7) is 5.09. The Morgan fingerprint density at radius 1 is 1.33 bits per heavy atom. The van der Waals surface area contributed by atoms with E-state index >= 15 is 0 Å². The third-order valence-corrected chi connectivity index (χ3v) is 5.23. The maximum absolute atomic E-state index is 4.61. The van der Waals surface area contributed by atoms with Crippen LogP contribution in [-0.2, 0) is 6.54 Å². The number of pyridine rings is 1. The number of nitrogens with zero attached hydrogens (tertiary/aromatic N) is 3. The quantitative estimate of drug-likeness (QED) is 0.941. The van der Waals surface area contributed by atoms with Crippen LogP contribution < -0.4 is 5.32 Å². The molecule has 0 bridgehead atoms. The van der Waals surface area contributed by atoms with Crippen LogP contribution in [0.3, 0.4) is 0 Å². The van der Waals surface area contributed by atoms with Gasteiger partial charge in [0, 0.05) is 30.4 Å². The van der Waals surface area contributed by atoms with Gasteiger partial charge in [0.25, 0.3) is 0 Å². The van der Waals surface area contributed by atoms with E-state index in [2.05, 4.69) is 32.9 Å². The number of hydrogen-bond acceptors (Lipinski definition) is 5. The molecule has 0 radical (unpaired) electrons. The minimum atomic E-state index is 0.576. The third-order valence-electron chi connectivity index (χ3n) is 4.41. The van der Waals surface area contributed by atoms with Crippen LogP contribution >= 0.6 is 11.5 Å². The first-order valence-electron chi connectivity index (χ1n) is 7.66. The highest BCUT2D eigenvalue weighted by Crippen LogP contribution is 2.33. The average Bonchev–Trinajstić information content (AvgIpc) is 2.91. The Morgan fingerprint density at radius 2 is 2.24 bits per heavy atom. The molecule has 0 amide bonds. The molecular formula is C16H22N4S. The van der Waals surface area contributed by atoms with Crippen LogP contribution in [-0.4, -0.2) is 20.6 Å². The van der Waals surface area contributed by atoms with Crippen LogP contribution in [0, 0.1) is 13.8 Å². The smallest absolute Gasteiger partial charge is 0.0769 e. The molecule has 1 fully saturated rings. The molecule has 21 heavy (non-hydrogen) atoms. The molecule has 0 spiro atoms. The second kappa shape index (κ2) is 6.62. The minimum Gasteiger partial charge on any atom is -0.309 e. The summed E-state index contributed by atoms with van der Waals surface area (Å²) in [5.74, 6) is 0.595. The maximum Gasteiger partial charge on any atom is 0.0769 e. The molecule has 2 atom stereocenters. The first kappa shape index (κ1) is 14.6. The van der Waals surface area contributed by atoms with Gasteiger partial charge >= 0.3 is 0 Å². The molecule has 0 aliphatic heterocycles. The second-order valence-electron chi connectivity index (χ2n) is 5.93. The van der Waals surface area contributed by atoms with Crippen molar-refractivity contribution in [3.05, 3.63) is 40.2 Å². The molecule has 1 N–H and O–H groups in total. The van der Waals surface area contributed by atoms with Crippen molar-refractivity contribution in [2.45, 2.75) is 58.0 Å². The number of aryl methyl sites for hydroxylation is 2. The first-order valence-corrected chi connectivity index (χ1v) is 8.44. The van der Waals surface area contributed by atoms with Gasteiger partial charge in [0.05, 0.1) is 10.6 Å². The second-order valence-corrected chi connectivity index (χ2v) is 6.77. The van der Waals surface area contributed by atoms with Crippen LogP contribution in [0.15, 0.2) is 18.3 Å². The van der Waals surface area contributed by atoms with E-state index in [-0.39, 0.29) is 0 Å². The summed E-state index contributed by atoms with van der Waals surface area (Å²) in [7, 11) is 0. The number of hydrogen-bond donors (Lipinski definition) is 1. The van der Waals surface area contributed by atoms with E-state index in [1.54, 1.807) is 0 Å². The van der Waals surface area contributed by atoms with E-state index in [0.717, 1.165) is 12.2 Å². The highest BCUT2D eigenvalue weighted by Gasteiger charge is 2.25. The zero-order chi connectivity index (χ0) is 14.7. The van der Waals surface area contributed by atoms with Crippen molar-refractivity contribution in [1.29, 1.82) is 0 Å². The molecule has 1 aliphatic rings. The maximum atomic E-state index is 4.61. The summed E-state index contributed by atoms with van der Waals surface area (Å²) in [5.41, 5.74) is 3.67. The minimum absolute atomic E-state index is 0.576. The number of rotatable bonds is 4. The molecule has 2 aromatic rings. The standard InChI is InChI=1S/C16H22N4S/c1-11-5-4-8-17-16(11)13-6-3-7-14(9-13)18-10-15-12(2)19-20-21-15/h4-5,8,13-14,18H,3,6-7,9-10H2,1-2H3/t13-,14-/m1/s1. The van der Waals surface area contributed by atoms with E-state index in [0.29, 0.717) is 12.0 Å². The van der Waals surface area contributed by atoms with Crippen LogP contribution in [0.2, 0.25) is 0 Å². The van der Waals surface area contributed by atoms with Crippen molar-refractivity contribution in [2.24, 2.45) is 0 Å². The van der Waals surface area contributed by atoms with E-state index in [9.17, 15) is 0 Å². The van der Waals surface area contributed by atoms with E-state index in [4.69, 9.17) is 0 Å². The van der Waals surface area contributed by atoms with E-state index in [1.165, 1.54) is 53.4 Å². The summed E-state index contributed by atoms with van der Waals surface area (Å²) >= 11 is 1.50. The van der Waals surface area contributed by atoms with Crippen molar-refractivity contribution in [3.63, 3.8) is 0 Å². The lowest BCUT2D eigenvalue weighted by atomic mass is 9.82. The van der Waals surface area contributed by atoms with Gasteiger partial charge in [0.15, 0.2) is 0 Å². The number of nitrogens with one attached hydrogen (secondary N) is 1. The highest BCUT2D eigenvalue weighted by atomic mass is 32.1. The lowest BCUT2D eigenvalue weighted by molar-refractivity contribution is 0.334. The highest BCUT2D eigenvalue weighted by molar-refractivity contribution is 7.05. The van der Waals surface area contributed by atoms with Gasteiger partial charge in [-0.05, 0) is 56.3 Å². The van der Waals surface area contributed by atoms with Gasteiger partial charge in [-0.1, -0.05) is 17.0 Å². The Balaban J connectivity index is 1.61. The predicted molar refractivity (Wildman–Crippen MR) is 85.5 cm³/mol. The average molecular weight is 302 g/mol. The fourth-order valence-electron chi connectivity index (χ4n) is 3.20. The topological polar surface area (TPSA) is 50.7 Å². The molecule has 112 valence electrons. The zero-order valence-electron chi connectivity index (χ0n) is 12.7. The fourth-order valence-corrected chi connectivity index (χ4v) is 3.78. The fraction of sp³-hybridized carbons (Fsp3) is 0.562. The van der Waals surface area contributed by atoms with Gasteiger partial charge in [-0.15, -0.1) is 5.10 Å². The third kappa shape index (κ3) is 3.47. The van der Waals surface area contributed by atoms with Gasteiger partial charge in [0.1, 0.15) is 0 Å². The summed E-state index contributed by atoms with van der Waals surface area (Å²) in [5, 5.41) is 7.76. The van der Waals surface area contributed by atoms with Crippen molar-refractivity contribution in [2.75, 3.05) is 0 Å². The van der Waals surface area contributed by atoms with Crippen LogP contribution in [0.25, 0.3) is 0 Å². The van der Waals surface area contributed by atoms with Crippen LogP contribution in [0.5, 0.6) is 0 Å². The Kier molecular flexibility index (Phi) is 4.60. The van der Waals surface area contributed by atoms with Crippen molar-refractivity contribution >= 4 is 11.5 Å². The monoisotopic (exact) mass is 302 g/mol. The molecule has 1 aliphatic carbocycles. The molecule has 0 unspecified atom stereocenters. The molecule has 3 rings (SSSR count). The lowest BCUT2D eigenvalue weighted by Crippen LogP contribution is -2.33. The largest absolute Gasteiger partial charge is 0.309 e. The van der Waals surface area contributed by atoms with Crippen molar-refractivity contribution in [1.82, 2.24) is 19.9 Å². The summed E-state index contributed by atoms with van der Waals surface area (Å²) in [6, 6.07) is 4.77. The summed E-state index contributed by atoms with van der Waals surface area (Å²) in [6.07, 6.45) is 6.90. The van der Waals surface area contributed by atoms with Gasteiger partial charge in [0.2, 0.25) is 0 Å². The summed E-state index contributed by atoms with van der Waals surface area (Å²) in [4.78, 5) is 5.87. The van der Waals surface area contributed by atoms with E-state index in [1.807, 2.05) is 19.2 Å². The Hall–Kier alpha value is -1.33. The molecule has 2 heterocycles. The van der Waals surface area contributed by atoms with Crippen LogP contribution in [0.1, 0.15) is 53.4 Å². The van der Waals surface area contributed by atoms with Gasteiger partial charge < -0.3 is 5.32 Å². The van der Waals surface area contributed by atoms with Gasteiger partial charge in [-0.25, -0.2) is 0 Å². The van der Waals surface area contributed by atoms with Crippen molar-refractivity contribution in [3.8, 4) is 0 Å². The number of aromatic nitrogens is 3. The zero-order valence-corrected chi connectivity index (χ0v) is 13.5. The van der Waals surface area contributed by atoms with Gasteiger partial charge in [-0.2, -0.15) is 0 Å².